The number of aliphatic hydroxyl groups excluding tert-OH is 1. The largest absolute Gasteiger partial charge is 0.569 e. The van der Waals surface area contributed by atoms with Crippen LogP contribution in [0.25, 0.3) is 0 Å². The van der Waals surface area contributed by atoms with E-state index >= 15 is 0 Å². The molecular weight excluding hydrogens is 161 g/mol. The molecule has 1 aliphatic rings. The summed E-state index contributed by atoms with van der Waals surface area (Å²) < 4.78 is 0. The monoisotopic (exact) mass is 170 g/mol. The molecule has 59 valence electrons. The van der Waals surface area contributed by atoms with E-state index in [0.717, 1.165) is 6.42 Å². The Morgan fingerprint density at radius 1 is 1.73 bits per heavy atom. The van der Waals surface area contributed by atoms with Crippen molar-refractivity contribution in [1.29, 1.82) is 0 Å². The van der Waals surface area contributed by atoms with Crippen molar-refractivity contribution < 1.29 is 15.3 Å². The third-order valence-electron chi connectivity index (χ3n) is 1.62. The molecule has 0 spiro atoms. The average Bonchev–Trinajstić information content (AvgIpc) is 1.86. The molecule has 11 heavy (non-hydrogen) atoms. The Morgan fingerprint density at radius 2 is 2.36 bits per heavy atom. The molecule has 1 fully saturated rings. The molecule has 0 saturated carbocycles. The average molecular weight is 170 g/mol. The molecule has 1 aliphatic heterocycles. The van der Waals surface area contributed by atoms with E-state index < -0.39 is 0 Å². The van der Waals surface area contributed by atoms with Gasteiger partial charge in [0, 0.05) is 29.6 Å². The summed E-state index contributed by atoms with van der Waals surface area (Å²) in [5, 5.41) is 30.7. The van der Waals surface area contributed by atoms with Crippen LogP contribution in [0.15, 0.2) is 5.28 Å². The number of hydrogen-bond donors (Lipinski definition) is 2. The summed E-state index contributed by atoms with van der Waals surface area (Å²) in [6, 6.07) is -0.173. The second kappa shape index (κ2) is 4.76. The molecule has 0 amide bonds. The van der Waals surface area contributed by atoms with Gasteiger partial charge in [-0.05, 0) is 6.42 Å². The second-order valence-electron chi connectivity index (χ2n) is 2.13. The zero-order chi connectivity index (χ0) is 7.56. The van der Waals surface area contributed by atoms with Crippen LogP contribution in [0.1, 0.15) is 6.42 Å². The third-order valence-corrected chi connectivity index (χ3v) is 1.62. The van der Waals surface area contributed by atoms with Gasteiger partial charge in [0.15, 0.2) is 0 Å². The van der Waals surface area contributed by atoms with E-state index in [9.17, 15) is 5.21 Å². The van der Waals surface area contributed by atoms with E-state index in [-0.39, 0.29) is 47.2 Å². The predicted molar refractivity (Wildman–Crippen MR) is 35.8 cm³/mol. The van der Waals surface area contributed by atoms with Crippen molar-refractivity contribution in [3.05, 3.63) is 5.21 Å². The van der Waals surface area contributed by atoms with Crippen LogP contribution in [0.2, 0.25) is 0 Å². The number of nitrogens with zero attached hydrogens (tertiary/aromatic N) is 3. The fraction of sp³-hybridized carbons (Fsp3) is 1.00. The van der Waals surface area contributed by atoms with Gasteiger partial charge in [0.1, 0.15) is 6.04 Å². The van der Waals surface area contributed by atoms with Crippen LogP contribution in [0.4, 0.5) is 0 Å². The Morgan fingerprint density at radius 3 is 2.64 bits per heavy atom. The standard InChI is InChI=1S/C4H9N3O3.Na/c8-3-4-1-2-6(4)7(10)5-9;/h4,8-9H,1-3H2;/t4-;/m0./s1. The molecule has 6 nitrogen and oxygen atoms in total. The van der Waals surface area contributed by atoms with Crippen LogP contribution in [0, 0.1) is 5.21 Å². The van der Waals surface area contributed by atoms with Gasteiger partial charge in [-0.2, -0.15) is 0 Å². The molecule has 1 radical (unpaired) electrons. The smallest absolute Gasteiger partial charge is 0.230 e. The molecule has 7 heteroatoms. The Kier molecular flexibility index (Phi) is 4.74. The molecule has 0 aromatic carbocycles. The van der Waals surface area contributed by atoms with E-state index in [1.807, 2.05) is 0 Å². The first-order valence-corrected chi connectivity index (χ1v) is 2.99. The summed E-state index contributed by atoms with van der Waals surface area (Å²) in [5.41, 5.74) is 0. The second-order valence-corrected chi connectivity index (χ2v) is 2.13. The van der Waals surface area contributed by atoms with Crippen molar-refractivity contribution in [1.82, 2.24) is 5.01 Å². The van der Waals surface area contributed by atoms with Gasteiger partial charge in [-0.3, -0.25) is 0 Å². The SMILES string of the molecule is [Na].[O-][N+](=NO)N1CC[C@H]1CO. The maximum Gasteiger partial charge on any atom is 0.230 e. The molecule has 0 aliphatic carbocycles. The Hall–Kier alpha value is -0.0400. The minimum atomic E-state index is -0.173. The van der Waals surface area contributed by atoms with Crippen molar-refractivity contribution in [2.45, 2.75) is 12.5 Å². The van der Waals surface area contributed by atoms with Gasteiger partial charge >= 0.3 is 0 Å². The van der Waals surface area contributed by atoms with Crippen LogP contribution in [-0.4, -0.2) is 69.0 Å². The minimum Gasteiger partial charge on any atom is -0.569 e. The summed E-state index contributed by atoms with van der Waals surface area (Å²) in [4.78, 5) is 0.0877. The molecule has 1 atom stereocenters. The van der Waals surface area contributed by atoms with Crippen LogP contribution in [0.3, 0.4) is 0 Å². The Labute approximate surface area is 85.9 Å². The molecule has 0 aromatic rings. The van der Waals surface area contributed by atoms with E-state index in [2.05, 4.69) is 5.28 Å². The van der Waals surface area contributed by atoms with Crippen molar-refractivity contribution >= 4 is 29.6 Å². The summed E-state index contributed by atoms with van der Waals surface area (Å²) in [7, 11) is 0. The van der Waals surface area contributed by atoms with E-state index in [1.54, 1.807) is 0 Å². The van der Waals surface area contributed by atoms with E-state index in [4.69, 9.17) is 10.3 Å². The van der Waals surface area contributed by atoms with Gasteiger partial charge in [0.2, 0.25) is 5.28 Å². The van der Waals surface area contributed by atoms with Crippen LogP contribution in [0.5, 0.6) is 0 Å². The zero-order valence-electron chi connectivity index (χ0n) is 6.34. The molecule has 2 N–H and O–H groups in total. The summed E-state index contributed by atoms with van der Waals surface area (Å²) >= 11 is 0. The topological polar surface area (TPSA) is 82.1 Å². The predicted octanol–water partition coefficient (Wildman–Crippen LogP) is -1.06. The van der Waals surface area contributed by atoms with Crippen LogP contribution < -0.4 is 0 Å². The molecule has 0 bridgehead atoms. The molecule has 1 heterocycles. The maximum atomic E-state index is 10.5. The third kappa shape index (κ3) is 2.19. The van der Waals surface area contributed by atoms with Crippen LogP contribution >= 0.6 is 0 Å². The normalized spacial score (nSPS) is 23.9. The Bertz CT molecular complexity index is 152. The quantitative estimate of drug-likeness (QED) is 0.239. The minimum absolute atomic E-state index is 0. The van der Waals surface area contributed by atoms with Gasteiger partial charge in [0.05, 0.1) is 18.1 Å². The summed E-state index contributed by atoms with van der Waals surface area (Å²) in [6.45, 7) is 0.465. The van der Waals surface area contributed by atoms with Gasteiger partial charge < -0.3 is 15.5 Å². The van der Waals surface area contributed by atoms with Gasteiger partial charge in [-0.15, -0.1) is 5.01 Å². The fourth-order valence-corrected chi connectivity index (χ4v) is 0.889. The fourth-order valence-electron chi connectivity index (χ4n) is 0.889. The van der Waals surface area contributed by atoms with Gasteiger partial charge in [-0.25, -0.2) is 0 Å². The maximum absolute atomic E-state index is 10.5. The van der Waals surface area contributed by atoms with E-state index in [0.29, 0.717) is 6.54 Å². The van der Waals surface area contributed by atoms with Gasteiger partial charge in [0.25, 0.3) is 0 Å². The van der Waals surface area contributed by atoms with Crippen molar-refractivity contribution in [2.24, 2.45) is 5.28 Å². The Balaban J connectivity index is 0.000001000. The number of hydrazine groups is 1. The first-order valence-electron chi connectivity index (χ1n) is 2.99. The first-order chi connectivity index (χ1) is 4.79. The zero-order valence-corrected chi connectivity index (χ0v) is 8.34. The molecule has 1 saturated heterocycles. The number of hydrogen-bond acceptors (Lipinski definition) is 3. The number of aliphatic hydroxyl groups is 1. The van der Waals surface area contributed by atoms with E-state index in [1.165, 1.54) is 5.01 Å². The molecular formula is C4H9N3NaO3. The van der Waals surface area contributed by atoms with Crippen molar-refractivity contribution in [3.63, 3.8) is 0 Å². The first kappa shape index (κ1) is 11.0. The van der Waals surface area contributed by atoms with Crippen LogP contribution in [-0.2, 0) is 0 Å². The van der Waals surface area contributed by atoms with Gasteiger partial charge in [-0.1, -0.05) is 0 Å². The summed E-state index contributed by atoms with van der Waals surface area (Å²) in [5.74, 6) is 0. The molecule has 0 aromatic heterocycles. The van der Waals surface area contributed by atoms with Crippen molar-refractivity contribution in [3.8, 4) is 0 Å². The number of rotatable bonds is 2. The van der Waals surface area contributed by atoms with Crippen molar-refractivity contribution in [2.75, 3.05) is 13.2 Å². The molecule has 0 unspecified atom stereocenters. The summed E-state index contributed by atoms with van der Waals surface area (Å²) in [6.07, 6.45) is 0.769. The molecule has 1 rings (SSSR count).